The molecule has 0 N–H and O–H groups in total. The highest BCUT2D eigenvalue weighted by Crippen LogP contribution is 2.26. The van der Waals surface area contributed by atoms with E-state index in [1.807, 2.05) is 25.1 Å². The number of carbonyl (C=O) groups excluding carboxylic acids is 1. The monoisotopic (exact) mass is 245 g/mol. The van der Waals surface area contributed by atoms with Crippen LogP contribution in [-0.2, 0) is 9.53 Å². The maximum atomic E-state index is 11.7. The van der Waals surface area contributed by atoms with E-state index in [4.69, 9.17) is 4.74 Å². The minimum atomic E-state index is -0.0147. The van der Waals surface area contributed by atoms with E-state index in [0.717, 1.165) is 13.0 Å². The van der Waals surface area contributed by atoms with E-state index in [9.17, 15) is 4.79 Å². The highest BCUT2D eigenvalue weighted by Gasteiger charge is 2.24. The SMILES string of the molecule is C=CC(=O)N1CCC(c2ccccc2)OC(C)C1. The molecule has 1 fully saturated rings. The molecular weight excluding hydrogens is 226 g/mol. The fourth-order valence-corrected chi connectivity index (χ4v) is 2.31. The lowest BCUT2D eigenvalue weighted by atomic mass is 10.1. The standard InChI is InChI=1S/C15H19NO2/c1-3-15(17)16-10-9-14(18-12(2)11-16)13-7-5-4-6-8-13/h3-8,12,14H,1,9-11H2,2H3. The van der Waals surface area contributed by atoms with Gasteiger partial charge in [-0.15, -0.1) is 0 Å². The summed E-state index contributed by atoms with van der Waals surface area (Å²) in [6.45, 7) is 6.89. The lowest BCUT2D eigenvalue weighted by Gasteiger charge is -2.20. The van der Waals surface area contributed by atoms with E-state index in [0.29, 0.717) is 6.54 Å². The van der Waals surface area contributed by atoms with Crippen molar-refractivity contribution in [3.8, 4) is 0 Å². The molecular formula is C15H19NO2. The van der Waals surface area contributed by atoms with Crippen molar-refractivity contribution in [3.05, 3.63) is 48.6 Å². The van der Waals surface area contributed by atoms with Crippen LogP contribution in [0.2, 0.25) is 0 Å². The van der Waals surface area contributed by atoms with Crippen molar-refractivity contribution in [2.75, 3.05) is 13.1 Å². The molecule has 18 heavy (non-hydrogen) atoms. The summed E-state index contributed by atoms with van der Waals surface area (Å²) in [5, 5.41) is 0. The Balaban J connectivity index is 2.09. The van der Waals surface area contributed by atoms with Crippen molar-refractivity contribution in [3.63, 3.8) is 0 Å². The summed E-state index contributed by atoms with van der Waals surface area (Å²) in [6.07, 6.45) is 2.31. The lowest BCUT2D eigenvalue weighted by molar-refractivity contribution is -0.126. The van der Waals surface area contributed by atoms with Crippen molar-refractivity contribution >= 4 is 5.91 Å². The highest BCUT2D eigenvalue weighted by molar-refractivity contribution is 5.87. The zero-order valence-corrected chi connectivity index (χ0v) is 10.7. The first kappa shape index (κ1) is 12.8. The third kappa shape index (κ3) is 2.99. The van der Waals surface area contributed by atoms with Gasteiger partial charge in [-0.05, 0) is 25.0 Å². The third-order valence-corrected chi connectivity index (χ3v) is 3.19. The summed E-state index contributed by atoms with van der Waals surface area (Å²) in [6, 6.07) is 10.2. The number of ether oxygens (including phenoxy) is 1. The first-order valence-electron chi connectivity index (χ1n) is 6.32. The van der Waals surface area contributed by atoms with Gasteiger partial charge < -0.3 is 9.64 Å². The Bertz CT molecular complexity index is 416. The van der Waals surface area contributed by atoms with Crippen LogP contribution in [0.15, 0.2) is 43.0 Å². The van der Waals surface area contributed by atoms with Crippen molar-refractivity contribution in [1.29, 1.82) is 0 Å². The van der Waals surface area contributed by atoms with Crippen molar-refractivity contribution in [2.45, 2.75) is 25.6 Å². The fraction of sp³-hybridized carbons (Fsp3) is 0.400. The van der Waals surface area contributed by atoms with E-state index in [1.54, 1.807) is 4.90 Å². The van der Waals surface area contributed by atoms with Crippen LogP contribution < -0.4 is 0 Å². The Morgan fingerprint density at radius 3 is 2.83 bits per heavy atom. The molecule has 0 spiro atoms. The molecule has 0 saturated carbocycles. The molecule has 3 heteroatoms. The van der Waals surface area contributed by atoms with Crippen LogP contribution in [0.1, 0.15) is 25.0 Å². The average Bonchev–Trinajstić information content (AvgIpc) is 2.61. The molecule has 3 nitrogen and oxygen atoms in total. The summed E-state index contributed by atoms with van der Waals surface area (Å²) in [7, 11) is 0. The summed E-state index contributed by atoms with van der Waals surface area (Å²) >= 11 is 0. The van der Waals surface area contributed by atoms with Gasteiger partial charge in [-0.3, -0.25) is 4.79 Å². The number of hydrogen-bond acceptors (Lipinski definition) is 2. The van der Waals surface area contributed by atoms with Gasteiger partial charge in [-0.2, -0.15) is 0 Å². The van der Waals surface area contributed by atoms with E-state index < -0.39 is 0 Å². The van der Waals surface area contributed by atoms with Crippen molar-refractivity contribution in [1.82, 2.24) is 4.90 Å². The molecule has 2 atom stereocenters. The molecule has 96 valence electrons. The van der Waals surface area contributed by atoms with Gasteiger partial charge in [0, 0.05) is 13.1 Å². The molecule has 0 aliphatic carbocycles. The van der Waals surface area contributed by atoms with Crippen LogP contribution >= 0.6 is 0 Å². The molecule has 0 radical (unpaired) electrons. The lowest BCUT2D eigenvalue weighted by Crippen LogP contribution is -2.34. The summed E-state index contributed by atoms with van der Waals surface area (Å²) in [5.74, 6) is -0.0147. The predicted octanol–water partition coefficient (Wildman–Crippen LogP) is 2.55. The third-order valence-electron chi connectivity index (χ3n) is 3.19. The van der Waals surface area contributed by atoms with Gasteiger partial charge in [0.2, 0.25) is 5.91 Å². The number of amides is 1. The molecule has 2 unspecified atom stereocenters. The van der Waals surface area contributed by atoms with Crippen LogP contribution in [0, 0.1) is 0 Å². The number of hydrogen-bond donors (Lipinski definition) is 0. The van der Waals surface area contributed by atoms with Gasteiger partial charge in [0.25, 0.3) is 0 Å². The quantitative estimate of drug-likeness (QED) is 0.749. The summed E-state index contributed by atoms with van der Waals surface area (Å²) < 4.78 is 5.99. The summed E-state index contributed by atoms with van der Waals surface area (Å²) in [4.78, 5) is 13.5. The van der Waals surface area contributed by atoms with Crippen LogP contribution in [-0.4, -0.2) is 30.0 Å². The molecule has 1 aliphatic rings. The van der Waals surface area contributed by atoms with E-state index in [2.05, 4.69) is 18.7 Å². The van der Waals surface area contributed by atoms with E-state index in [-0.39, 0.29) is 18.1 Å². The second kappa shape index (κ2) is 5.83. The van der Waals surface area contributed by atoms with E-state index in [1.165, 1.54) is 11.6 Å². The maximum absolute atomic E-state index is 11.7. The minimum absolute atomic E-state index is 0.0147. The smallest absolute Gasteiger partial charge is 0.246 e. The van der Waals surface area contributed by atoms with Gasteiger partial charge in [-0.1, -0.05) is 36.9 Å². The minimum Gasteiger partial charge on any atom is -0.369 e. The molecule has 1 aliphatic heterocycles. The van der Waals surface area contributed by atoms with Gasteiger partial charge in [0.1, 0.15) is 0 Å². The average molecular weight is 245 g/mol. The van der Waals surface area contributed by atoms with Crippen molar-refractivity contribution < 1.29 is 9.53 Å². The fourth-order valence-electron chi connectivity index (χ4n) is 2.31. The van der Waals surface area contributed by atoms with Crippen LogP contribution in [0.25, 0.3) is 0 Å². The normalized spacial score (nSPS) is 24.4. The molecule has 1 saturated heterocycles. The molecule has 1 heterocycles. The molecule has 2 rings (SSSR count). The molecule has 1 aromatic rings. The molecule has 0 aromatic heterocycles. The Morgan fingerprint density at radius 2 is 2.17 bits per heavy atom. The van der Waals surface area contributed by atoms with Gasteiger partial charge >= 0.3 is 0 Å². The molecule has 1 amide bonds. The number of carbonyl (C=O) groups is 1. The van der Waals surface area contributed by atoms with E-state index >= 15 is 0 Å². The first-order valence-corrected chi connectivity index (χ1v) is 6.32. The first-order chi connectivity index (χ1) is 8.70. The second-order valence-corrected chi connectivity index (χ2v) is 4.62. The number of benzene rings is 1. The Morgan fingerprint density at radius 1 is 1.44 bits per heavy atom. The maximum Gasteiger partial charge on any atom is 0.246 e. The topological polar surface area (TPSA) is 29.5 Å². The second-order valence-electron chi connectivity index (χ2n) is 4.62. The zero-order chi connectivity index (χ0) is 13.0. The van der Waals surface area contributed by atoms with Crippen LogP contribution in [0.3, 0.4) is 0 Å². The number of nitrogens with zero attached hydrogens (tertiary/aromatic N) is 1. The van der Waals surface area contributed by atoms with Gasteiger partial charge in [0.05, 0.1) is 12.2 Å². The zero-order valence-electron chi connectivity index (χ0n) is 10.7. The molecule has 0 bridgehead atoms. The number of rotatable bonds is 2. The van der Waals surface area contributed by atoms with Gasteiger partial charge in [0.15, 0.2) is 0 Å². The summed E-state index contributed by atoms with van der Waals surface area (Å²) in [5.41, 5.74) is 1.18. The largest absolute Gasteiger partial charge is 0.369 e. The highest BCUT2D eigenvalue weighted by atomic mass is 16.5. The van der Waals surface area contributed by atoms with Gasteiger partial charge in [-0.25, -0.2) is 0 Å². The van der Waals surface area contributed by atoms with Crippen molar-refractivity contribution in [2.24, 2.45) is 0 Å². The Hall–Kier alpha value is -1.61. The molecule has 1 aromatic carbocycles. The predicted molar refractivity (Wildman–Crippen MR) is 71.1 cm³/mol. The van der Waals surface area contributed by atoms with Crippen LogP contribution in [0.5, 0.6) is 0 Å². The Labute approximate surface area is 108 Å². The Kier molecular flexibility index (Phi) is 4.15. The van der Waals surface area contributed by atoms with Crippen LogP contribution in [0.4, 0.5) is 0 Å².